The molecule has 2 nitrogen and oxygen atoms in total. The van der Waals surface area contributed by atoms with Gasteiger partial charge in [0, 0.05) is 11.6 Å². The van der Waals surface area contributed by atoms with Gasteiger partial charge in [0.25, 0.3) is 0 Å². The van der Waals surface area contributed by atoms with Crippen molar-refractivity contribution in [2.75, 3.05) is 0 Å². The summed E-state index contributed by atoms with van der Waals surface area (Å²) < 4.78 is 19.3. The first-order valence-electron chi connectivity index (χ1n) is 6.78. The van der Waals surface area contributed by atoms with E-state index >= 15 is 0 Å². The van der Waals surface area contributed by atoms with Crippen LogP contribution in [-0.2, 0) is 0 Å². The number of hydrogen-bond donors (Lipinski definition) is 1. The first-order chi connectivity index (χ1) is 8.56. The fourth-order valence-corrected chi connectivity index (χ4v) is 2.65. The van der Waals surface area contributed by atoms with E-state index in [2.05, 4.69) is 6.92 Å². The minimum atomic E-state index is -0.258. The smallest absolute Gasteiger partial charge is 0.124 e. The first kappa shape index (κ1) is 13.3. The van der Waals surface area contributed by atoms with E-state index in [4.69, 9.17) is 10.5 Å². The highest BCUT2D eigenvalue weighted by atomic mass is 19.1. The van der Waals surface area contributed by atoms with Crippen molar-refractivity contribution >= 4 is 0 Å². The molecule has 18 heavy (non-hydrogen) atoms. The zero-order chi connectivity index (χ0) is 13.1. The second kappa shape index (κ2) is 5.70. The van der Waals surface area contributed by atoms with Gasteiger partial charge in [-0.2, -0.15) is 0 Å². The van der Waals surface area contributed by atoms with Crippen molar-refractivity contribution in [1.29, 1.82) is 0 Å². The summed E-state index contributed by atoms with van der Waals surface area (Å²) in [5, 5.41) is 0. The number of ether oxygens (including phenoxy) is 1. The molecule has 0 spiro atoms. The third-order valence-electron chi connectivity index (χ3n) is 3.64. The molecule has 2 rings (SSSR count). The van der Waals surface area contributed by atoms with Crippen LogP contribution in [0.1, 0.15) is 51.1 Å². The van der Waals surface area contributed by atoms with E-state index in [-0.39, 0.29) is 18.0 Å². The van der Waals surface area contributed by atoms with Crippen LogP contribution >= 0.6 is 0 Å². The quantitative estimate of drug-likeness (QED) is 0.886. The van der Waals surface area contributed by atoms with Gasteiger partial charge in [0.05, 0.1) is 6.10 Å². The molecule has 1 aromatic rings. The minimum Gasteiger partial charge on any atom is -0.490 e. The summed E-state index contributed by atoms with van der Waals surface area (Å²) in [6, 6.07) is 4.41. The van der Waals surface area contributed by atoms with Gasteiger partial charge in [-0.3, -0.25) is 0 Å². The van der Waals surface area contributed by atoms with Crippen LogP contribution in [0.3, 0.4) is 0 Å². The standard InChI is InChI=1S/C15H22FNO/c1-10-4-3-5-13(8-10)18-15-7-6-12(16)9-14(15)11(2)17/h6-7,9-11,13H,3-5,8,17H2,1-2H3/t10?,11-,13?/m0/s1. The summed E-state index contributed by atoms with van der Waals surface area (Å²) in [5.41, 5.74) is 6.63. The summed E-state index contributed by atoms with van der Waals surface area (Å²) in [5.74, 6) is 1.19. The van der Waals surface area contributed by atoms with Gasteiger partial charge in [0.1, 0.15) is 11.6 Å². The number of benzene rings is 1. The molecule has 1 aliphatic rings. The van der Waals surface area contributed by atoms with Gasteiger partial charge < -0.3 is 10.5 Å². The van der Waals surface area contributed by atoms with Gasteiger partial charge in [0.2, 0.25) is 0 Å². The Morgan fingerprint density at radius 2 is 2.17 bits per heavy atom. The van der Waals surface area contributed by atoms with E-state index < -0.39 is 0 Å². The van der Waals surface area contributed by atoms with Crippen LogP contribution < -0.4 is 10.5 Å². The van der Waals surface area contributed by atoms with Gasteiger partial charge in [0.15, 0.2) is 0 Å². The molecule has 2 N–H and O–H groups in total. The Morgan fingerprint density at radius 3 is 2.83 bits per heavy atom. The SMILES string of the molecule is CC1CCCC(Oc2ccc(F)cc2[C@H](C)N)C1. The summed E-state index contributed by atoms with van der Waals surface area (Å²) in [4.78, 5) is 0. The summed E-state index contributed by atoms with van der Waals surface area (Å²) >= 11 is 0. The Balaban J connectivity index is 2.12. The lowest BCUT2D eigenvalue weighted by molar-refractivity contribution is 0.127. The fraction of sp³-hybridized carbons (Fsp3) is 0.600. The van der Waals surface area contributed by atoms with Crippen molar-refractivity contribution in [3.05, 3.63) is 29.6 Å². The van der Waals surface area contributed by atoms with Crippen molar-refractivity contribution in [2.45, 2.75) is 51.7 Å². The molecular formula is C15H22FNO. The molecule has 1 fully saturated rings. The van der Waals surface area contributed by atoms with Crippen LogP contribution in [0.15, 0.2) is 18.2 Å². The second-order valence-electron chi connectivity index (χ2n) is 5.48. The van der Waals surface area contributed by atoms with Gasteiger partial charge in [-0.1, -0.05) is 13.3 Å². The van der Waals surface area contributed by atoms with Crippen molar-refractivity contribution in [3.63, 3.8) is 0 Å². The largest absolute Gasteiger partial charge is 0.490 e. The van der Waals surface area contributed by atoms with Gasteiger partial charge in [-0.05, 0) is 50.3 Å². The van der Waals surface area contributed by atoms with E-state index in [9.17, 15) is 4.39 Å². The van der Waals surface area contributed by atoms with Crippen LogP contribution in [0.4, 0.5) is 4.39 Å². The Kier molecular flexibility index (Phi) is 4.23. The molecule has 3 atom stereocenters. The molecular weight excluding hydrogens is 229 g/mol. The van der Waals surface area contributed by atoms with Crippen LogP contribution in [0.25, 0.3) is 0 Å². The Morgan fingerprint density at radius 1 is 1.39 bits per heavy atom. The number of halogens is 1. The van der Waals surface area contributed by atoms with Crippen LogP contribution in [0.5, 0.6) is 5.75 Å². The number of nitrogens with two attached hydrogens (primary N) is 1. The lowest BCUT2D eigenvalue weighted by Crippen LogP contribution is -2.25. The van der Waals surface area contributed by atoms with E-state index in [0.29, 0.717) is 5.92 Å². The highest BCUT2D eigenvalue weighted by Crippen LogP contribution is 2.31. The molecule has 100 valence electrons. The van der Waals surface area contributed by atoms with E-state index in [1.54, 1.807) is 6.07 Å². The second-order valence-corrected chi connectivity index (χ2v) is 5.48. The molecule has 0 heterocycles. The van der Waals surface area contributed by atoms with Gasteiger partial charge >= 0.3 is 0 Å². The summed E-state index contributed by atoms with van der Waals surface area (Å²) in [7, 11) is 0. The molecule has 3 heteroatoms. The lowest BCUT2D eigenvalue weighted by atomic mass is 9.88. The highest BCUT2D eigenvalue weighted by Gasteiger charge is 2.21. The molecule has 1 aliphatic carbocycles. The predicted octanol–water partition coefficient (Wildman–Crippen LogP) is 3.80. The summed E-state index contributed by atoms with van der Waals surface area (Å²) in [6.45, 7) is 4.11. The van der Waals surface area contributed by atoms with Crippen LogP contribution in [0, 0.1) is 11.7 Å². The zero-order valence-corrected chi connectivity index (χ0v) is 11.2. The van der Waals surface area contributed by atoms with Gasteiger partial charge in [-0.15, -0.1) is 0 Å². The Hall–Kier alpha value is -1.09. The van der Waals surface area contributed by atoms with Crippen LogP contribution in [0.2, 0.25) is 0 Å². The normalized spacial score (nSPS) is 25.8. The number of rotatable bonds is 3. The average molecular weight is 251 g/mol. The molecule has 0 radical (unpaired) electrons. The van der Waals surface area contributed by atoms with Crippen LogP contribution in [-0.4, -0.2) is 6.10 Å². The Bertz CT molecular complexity index is 405. The lowest BCUT2D eigenvalue weighted by Gasteiger charge is -2.28. The predicted molar refractivity (Wildman–Crippen MR) is 71.1 cm³/mol. The molecule has 0 aliphatic heterocycles. The third kappa shape index (κ3) is 3.22. The molecule has 0 saturated heterocycles. The maximum absolute atomic E-state index is 13.2. The molecule has 1 aromatic carbocycles. The molecule has 1 saturated carbocycles. The van der Waals surface area contributed by atoms with Gasteiger partial charge in [-0.25, -0.2) is 4.39 Å². The van der Waals surface area contributed by atoms with Crippen molar-refractivity contribution in [3.8, 4) is 5.75 Å². The Labute approximate surface area is 108 Å². The average Bonchev–Trinajstić information content (AvgIpc) is 2.31. The molecule has 0 amide bonds. The summed E-state index contributed by atoms with van der Waals surface area (Å²) in [6.07, 6.45) is 4.90. The van der Waals surface area contributed by atoms with Crippen molar-refractivity contribution in [2.24, 2.45) is 11.7 Å². The molecule has 2 unspecified atom stereocenters. The van der Waals surface area contributed by atoms with E-state index in [0.717, 1.165) is 24.2 Å². The maximum atomic E-state index is 13.2. The first-order valence-corrected chi connectivity index (χ1v) is 6.78. The van der Waals surface area contributed by atoms with Crippen molar-refractivity contribution < 1.29 is 9.13 Å². The fourth-order valence-electron chi connectivity index (χ4n) is 2.65. The maximum Gasteiger partial charge on any atom is 0.124 e. The van der Waals surface area contributed by atoms with E-state index in [1.807, 2.05) is 6.92 Å². The number of hydrogen-bond acceptors (Lipinski definition) is 2. The zero-order valence-electron chi connectivity index (χ0n) is 11.2. The van der Waals surface area contributed by atoms with Crippen molar-refractivity contribution in [1.82, 2.24) is 0 Å². The third-order valence-corrected chi connectivity index (χ3v) is 3.64. The molecule has 0 aromatic heterocycles. The minimum absolute atomic E-state index is 0.211. The van der Waals surface area contributed by atoms with E-state index in [1.165, 1.54) is 25.0 Å². The highest BCUT2D eigenvalue weighted by molar-refractivity contribution is 5.36. The molecule has 0 bridgehead atoms. The monoisotopic (exact) mass is 251 g/mol. The topological polar surface area (TPSA) is 35.2 Å².